The van der Waals surface area contributed by atoms with Gasteiger partial charge in [0, 0.05) is 19.2 Å². The van der Waals surface area contributed by atoms with Crippen LogP contribution in [0.3, 0.4) is 0 Å². The lowest BCUT2D eigenvalue weighted by Gasteiger charge is -2.20. The topological polar surface area (TPSA) is 101 Å². The highest BCUT2D eigenvalue weighted by Crippen LogP contribution is 2.29. The zero-order valence-corrected chi connectivity index (χ0v) is 12.3. The molecule has 1 N–H and O–H groups in total. The lowest BCUT2D eigenvalue weighted by atomic mass is 10.1. The zero-order chi connectivity index (χ0) is 15.3. The number of rotatable bonds is 6. The fourth-order valence-electron chi connectivity index (χ4n) is 1.63. The Labute approximate surface area is 123 Å². The zero-order valence-electron chi connectivity index (χ0n) is 10.7. The molecule has 0 bridgehead atoms. The summed E-state index contributed by atoms with van der Waals surface area (Å²) in [5.74, 6) is -1.45. The summed E-state index contributed by atoms with van der Waals surface area (Å²) in [6.45, 7) is 2.09. The molecule has 0 fully saturated rings. The molecule has 108 valence electrons. The summed E-state index contributed by atoms with van der Waals surface area (Å²) in [5.41, 5.74) is -0.0587. The van der Waals surface area contributed by atoms with Crippen LogP contribution in [-0.2, 0) is 4.79 Å². The Kier molecular flexibility index (Phi) is 5.63. The maximum atomic E-state index is 12.3. The third-order valence-electron chi connectivity index (χ3n) is 2.67. The lowest BCUT2D eigenvalue weighted by Crippen LogP contribution is -2.33. The Morgan fingerprint density at radius 1 is 1.45 bits per heavy atom. The Bertz CT molecular complexity index is 547. The van der Waals surface area contributed by atoms with Gasteiger partial charge in [0.2, 0.25) is 0 Å². The number of carboxylic acids is 1. The number of halogens is 1. The van der Waals surface area contributed by atoms with Gasteiger partial charge in [0.05, 0.1) is 16.9 Å². The van der Waals surface area contributed by atoms with Crippen LogP contribution < -0.4 is 0 Å². The van der Waals surface area contributed by atoms with Crippen molar-refractivity contribution < 1.29 is 19.6 Å². The summed E-state index contributed by atoms with van der Waals surface area (Å²) >= 11 is 3.05. The van der Waals surface area contributed by atoms with Crippen molar-refractivity contribution in [1.82, 2.24) is 4.90 Å². The first-order valence-corrected chi connectivity index (χ1v) is 6.61. The fraction of sp³-hybridized carbons (Fsp3) is 0.333. The number of carboxylic acid groups (broad SMARTS) is 1. The predicted octanol–water partition coefficient (Wildman–Crippen LogP) is 2.29. The third kappa shape index (κ3) is 3.77. The van der Waals surface area contributed by atoms with E-state index in [0.29, 0.717) is 6.54 Å². The molecule has 1 aromatic rings. The van der Waals surface area contributed by atoms with Crippen molar-refractivity contribution in [3.63, 3.8) is 0 Å². The van der Waals surface area contributed by atoms with Crippen LogP contribution in [0.1, 0.15) is 23.7 Å². The minimum absolute atomic E-state index is 0.0554. The van der Waals surface area contributed by atoms with E-state index in [0.717, 1.165) is 0 Å². The van der Waals surface area contributed by atoms with Crippen molar-refractivity contribution in [1.29, 1.82) is 0 Å². The monoisotopic (exact) mass is 344 g/mol. The quantitative estimate of drug-likeness (QED) is 0.630. The van der Waals surface area contributed by atoms with E-state index in [1.165, 1.54) is 23.1 Å². The molecule has 1 rings (SSSR count). The largest absolute Gasteiger partial charge is 0.481 e. The van der Waals surface area contributed by atoms with Crippen LogP contribution in [-0.4, -0.2) is 39.9 Å². The summed E-state index contributed by atoms with van der Waals surface area (Å²) in [6, 6.07) is 4.17. The highest BCUT2D eigenvalue weighted by Gasteiger charge is 2.23. The predicted molar refractivity (Wildman–Crippen MR) is 74.6 cm³/mol. The molecule has 0 aliphatic carbocycles. The Morgan fingerprint density at radius 2 is 2.10 bits per heavy atom. The van der Waals surface area contributed by atoms with Crippen molar-refractivity contribution in [3.8, 4) is 0 Å². The van der Waals surface area contributed by atoms with Crippen LogP contribution in [0, 0.1) is 10.1 Å². The minimum atomic E-state index is -1.01. The van der Waals surface area contributed by atoms with Crippen LogP contribution in [0.2, 0.25) is 0 Å². The van der Waals surface area contributed by atoms with E-state index >= 15 is 0 Å². The van der Waals surface area contributed by atoms with Gasteiger partial charge in [-0.3, -0.25) is 19.7 Å². The SMILES string of the molecule is CCN(CCC(=O)O)C(=O)c1cccc([N+](=O)[O-])c1Br. The number of aliphatic carboxylic acids is 1. The van der Waals surface area contributed by atoms with Crippen molar-refractivity contribution in [3.05, 3.63) is 38.3 Å². The maximum absolute atomic E-state index is 12.3. The number of carbonyl (C=O) groups excluding carboxylic acids is 1. The molecule has 0 unspecified atom stereocenters. The van der Waals surface area contributed by atoms with Crippen molar-refractivity contribution in [2.24, 2.45) is 0 Å². The molecule has 0 radical (unpaired) electrons. The molecule has 0 aliphatic heterocycles. The number of nitro groups is 1. The molecule has 0 saturated carbocycles. The number of carbonyl (C=O) groups is 2. The van der Waals surface area contributed by atoms with E-state index in [4.69, 9.17) is 5.11 Å². The summed E-state index contributed by atoms with van der Waals surface area (Å²) < 4.78 is 0.101. The molecule has 7 nitrogen and oxygen atoms in total. The molecular weight excluding hydrogens is 332 g/mol. The van der Waals surface area contributed by atoms with Crippen LogP contribution in [0.4, 0.5) is 5.69 Å². The number of nitro benzene ring substituents is 1. The Morgan fingerprint density at radius 3 is 2.60 bits per heavy atom. The normalized spacial score (nSPS) is 10.1. The number of hydrogen-bond donors (Lipinski definition) is 1. The first kappa shape index (κ1) is 16.1. The van der Waals surface area contributed by atoms with Gasteiger partial charge in [-0.05, 0) is 28.9 Å². The average molecular weight is 345 g/mol. The Hall–Kier alpha value is -1.96. The fourth-order valence-corrected chi connectivity index (χ4v) is 2.21. The molecule has 0 aliphatic rings. The van der Waals surface area contributed by atoms with E-state index in [-0.39, 0.29) is 28.7 Å². The highest BCUT2D eigenvalue weighted by molar-refractivity contribution is 9.10. The first-order valence-electron chi connectivity index (χ1n) is 5.82. The molecule has 8 heteroatoms. The smallest absolute Gasteiger partial charge is 0.305 e. The van der Waals surface area contributed by atoms with Crippen LogP contribution in [0.15, 0.2) is 22.7 Å². The molecule has 0 atom stereocenters. The van der Waals surface area contributed by atoms with Crippen LogP contribution >= 0.6 is 15.9 Å². The van der Waals surface area contributed by atoms with Crippen molar-refractivity contribution >= 4 is 33.5 Å². The van der Waals surface area contributed by atoms with Gasteiger partial charge < -0.3 is 10.0 Å². The van der Waals surface area contributed by atoms with E-state index in [1.54, 1.807) is 6.92 Å². The number of benzene rings is 1. The standard InChI is InChI=1S/C12H13BrN2O5/c1-2-14(7-6-10(16)17)12(18)8-4-3-5-9(11(8)13)15(19)20/h3-5H,2,6-7H2,1H3,(H,16,17). The van der Waals surface area contributed by atoms with Gasteiger partial charge in [0.1, 0.15) is 4.47 Å². The summed E-state index contributed by atoms with van der Waals surface area (Å²) in [7, 11) is 0. The second kappa shape index (κ2) is 6.99. The van der Waals surface area contributed by atoms with Gasteiger partial charge in [-0.2, -0.15) is 0 Å². The number of amides is 1. The van der Waals surface area contributed by atoms with Gasteiger partial charge in [-0.1, -0.05) is 6.07 Å². The number of hydrogen-bond acceptors (Lipinski definition) is 4. The van der Waals surface area contributed by atoms with Gasteiger partial charge in [-0.15, -0.1) is 0 Å². The maximum Gasteiger partial charge on any atom is 0.305 e. The van der Waals surface area contributed by atoms with Gasteiger partial charge in [-0.25, -0.2) is 0 Å². The van der Waals surface area contributed by atoms with Gasteiger partial charge >= 0.3 is 5.97 Å². The van der Waals surface area contributed by atoms with Crippen LogP contribution in [0.25, 0.3) is 0 Å². The lowest BCUT2D eigenvalue weighted by molar-refractivity contribution is -0.385. The van der Waals surface area contributed by atoms with Crippen molar-refractivity contribution in [2.75, 3.05) is 13.1 Å². The first-order chi connectivity index (χ1) is 9.38. The highest BCUT2D eigenvalue weighted by atomic mass is 79.9. The van der Waals surface area contributed by atoms with Crippen molar-refractivity contribution in [2.45, 2.75) is 13.3 Å². The summed E-state index contributed by atoms with van der Waals surface area (Å²) in [5, 5.41) is 19.5. The second-order valence-corrected chi connectivity index (χ2v) is 4.72. The molecule has 1 amide bonds. The second-order valence-electron chi connectivity index (χ2n) is 3.92. The molecule has 0 spiro atoms. The molecule has 0 aromatic heterocycles. The number of nitrogens with zero attached hydrogens (tertiary/aromatic N) is 2. The van der Waals surface area contributed by atoms with E-state index in [9.17, 15) is 19.7 Å². The minimum Gasteiger partial charge on any atom is -0.481 e. The van der Waals surface area contributed by atoms with Gasteiger partial charge in [0.15, 0.2) is 0 Å². The Balaban J connectivity index is 3.04. The summed E-state index contributed by atoms with van der Waals surface area (Å²) in [4.78, 5) is 34.4. The van der Waals surface area contributed by atoms with E-state index < -0.39 is 16.8 Å². The third-order valence-corrected chi connectivity index (χ3v) is 3.50. The van der Waals surface area contributed by atoms with Gasteiger partial charge in [0.25, 0.3) is 11.6 Å². The van der Waals surface area contributed by atoms with E-state index in [1.807, 2.05) is 0 Å². The molecule has 0 saturated heterocycles. The average Bonchev–Trinajstić information content (AvgIpc) is 2.38. The molecule has 1 aromatic carbocycles. The van der Waals surface area contributed by atoms with E-state index in [2.05, 4.69) is 15.9 Å². The molecule has 0 heterocycles. The van der Waals surface area contributed by atoms with Crippen LogP contribution in [0.5, 0.6) is 0 Å². The summed E-state index contributed by atoms with van der Waals surface area (Å²) in [6.07, 6.45) is -0.174. The molecule has 20 heavy (non-hydrogen) atoms. The molecular formula is C12H13BrN2O5.